The SMILES string of the molecule is CCCC1CCC(C2CCC(C3CCC(OC(=O)c4ccc(OCC)c(F)c4C(F)F)CC3)CC2)CC1. The molecule has 3 aliphatic rings. The van der Waals surface area contributed by atoms with E-state index in [0.717, 1.165) is 49.4 Å². The van der Waals surface area contributed by atoms with Crippen molar-refractivity contribution in [3.05, 3.63) is 29.1 Å². The maximum Gasteiger partial charge on any atom is 0.339 e. The number of rotatable bonds is 9. The molecule has 208 valence electrons. The van der Waals surface area contributed by atoms with E-state index in [2.05, 4.69) is 6.92 Å². The summed E-state index contributed by atoms with van der Waals surface area (Å²) in [6.07, 6.45) is 13.9. The Morgan fingerprint density at radius 1 is 0.838 bits per heavy atom. The van der Waals surface area contributed by atoms with Gasteiger partial charge >= 0.3 is 5.97 Å². The summed E-state index contributed by atoms with van der Waals surface area (Å²) in [5.74, 6) is 1.93. The van der Waals surface area contributed by atoms with Crippen LogP contribution in [0.2, 0.25) is 0 Å². The molecule has 3 saturated carbocycles. The lowest BCUT2D eigenvalue weighted by Gasteiger charge is -2.41. The van der Waals surface area contributed by atoms with E-state index in [4.69, 9.17) is 9.47 Å². The van der Waals surface area contributed by atoms with Crippen LogP contribution < -0.4 is 4.74 Å². The fraction of sp³-hybridized carbons (Fsp3) is 0.774. The lowest BCUT2D eigenvalue weighted by molar-refractivity contribution is 0.00919. The second-order valence-electron chi connectivity index (χ2n) is 11.8. The van der Waals surface area contributed by atoms with Crippen LogP contribution in [-0.4, -0.2) is 18.7 Å². The van der Waals surface area contributed by atoms with E-state index in [9.17, 15) is 18.0 Å². The van der Waals surface area contributed by atoms with E-state index in [0.29, 0.717) is 5.92 Å². The van der Waals surface area contributed by atoms with Crippen LogP contribution in [0.3, 0.4) is 0 Å². The zero-order valence-electron chi connectivity index (χ0n) is 22.7. The van der Waals surface area contributed by atoms with Crippen LogP contribution >= 0.6 is 0 Å². The molecule has 0 radical (unpaired) electrons. The first-order valence-electron chi connectivity index (χ1n) is 14.8. The smallest absolute Gasteiger partial charge is 0.339 e. The van der Waals surface area contributed by atoms with Crippen molar-refractivity contribution in [2.24, 2.45) is 29.6 Å². The van der Waals surface area contributed by atoms with E-state index in [1.54, 1.807) is 6.92 Å². The van der Waals surface area contributed by atoms with Crippen molar-refractivity contribution in [2.75, 3.05) is 6.61 Å². The Labute approximate surface area is 220 Å². The van der Waals surface area contributed by atoms with Crippen LogP contribution in [0.1, 0.15) is 126 Å². The van der Waals surface area contributed by atoms with Gasteiger partial charge in [-0.2, -0.15) is 0 Å². The van der Waals surface area contributed by atoms with Gasteiger partial charge in [0.25, 0.3) is 6.43 Å². The Kier molecular flexibility index (Phi) is 10.2. The molecule has 3 aliphatic carbocycles. The maximum absolute atomic E-state index is 14.5. The number of esters is 1. The van der Waals surface area contributed by atoms with Gasteiger partial charge in [0.1, 0.15) is 6.10 Å². The number of carbonyl (C=O) groups excluding carboxylic acids is 1. The van der Waals surface area contributed by atoms with Crippen molar-refractivity contribution in [1.82, 2.24) is 0 Å². The van der Waals surface area contributed by atoms with Crippen LogP contribution in [0.15, 0.2) is 12.1 Å². The number of halogens is 3. The Balaban J connectivity index is 1.23. The molecule has 3 nitrogen and oxygen atoms in total. The molecule has 0 aromatic heterocycles. The van der Waals surface area contributed by atoms with E-state index >= 15 is 0 Å². The van der Waals surface area contributed by atoms with Gasteiger partial charge in [0.2, 0.25) is 0 Å². The minimum atomic E-state index is -3.12. The third kappa shape index (κ3) is 7.03. The van der Waals surface area contributed by atoms with Crippen molar-refractivity contribution >= 4 is 5.97 Å². The number of alkyl halides is 2. The lowest BCUT2D eigenvalue weighted by Crippen LogP contribution is -2.31. The number of hydrogen-bond donors (Lipinski definition) is 0. The highest BCUT2D eigenvalue weighted by molar-refractivity contribution is 5.91. The number of hydrogen-bond acceptors (Lipinski definition) is 3. The highest BCUT2D eigenvalue weighted by Gasteiger charge is 2.36. The average molecular weight is 523 g/mol. The molecular formula is C31H45F3O3. The van der Waals surface area contributed by atoms with Crippen LogP contribution in [-0.2, 0) is 4.74 Å². The molecule has 1 aromatic rings. The fourth-order valence-corrected chi connectivity index (χ4v) is 7.57. The van der Waals surface area contributed by atoms with Crippen molar-refractivity contribution < 1.29 is 27.4 Å². The van der Waals surface area contributed by atoms with Gasteiger partial charge in [-0.3, -0.25) is 0 Å². The molecule has 0 aliphatic heterocycles. The summed E-state index contributed by atoms with van der Waals surface area (Å²) in [6.45, 7) is 4.09. The molecule has 6 heteroatoms. The minimum absolute atomic E-state index is 0.147. The number of ether oxygens (including phenoxy) is 2. The summed E-state index contributed by atoms with van der Waals surface area (Å²) in [7, 11) is 0. The van der Waals surface area contributed by atoms with Crippen LogP contribution in [0.4, 0.5) is 13.2 Å². The Morgan fingerprint density at radius 2 is 1.35 bits per heavy atom. The average Bonchev–Trinajstić information content (AvgIpc) is 2.91. The highest BCUT2D eigenvalue weighted by atomic mass is 19.3. The predicted octanol–water partition coefficient (Wildman–Crippen LogP) is 9.29. The maximum atomic E-state index is 14.5. The molecule has 0 unspecified atom stereocenters. The second kappa shape index (κ2) is 13.4. The Hall–Kier alpha value is -1.72. The third-order valence-corrected chi connectivity index (χ3v) is 9.61. The number of benzene rings is 1. The quantitative estimate of drug-likeness (QED) is 0.303. The van der Waals surface area contributed by atoms with Crippen LogP contribution in [0, 0.1) is 35.4 Å². The molecule has 4 rings (SSSR count). The van der Waals surface area contributed by atoms with Crippen molar-refractivity contribution in [1.29, 1.82) is 0 Å². The molecule has 0 bridgehead atoms. The normalized spacial score (nSPS) is 30.8. The van der Waals surface area contributed by atoms with Crippen molar-refractivity contribution in [2.45, 2.75) is 116 Å². The summed E-state index contributed by atoms with van der Waals surface area (Å²) in [5, 5.41) is 0. The van der Waals surface area contributed by atoms with E-state index < -0.39 is 29.3 Å². The predicted molar refractivity (Wildman–Crippen MR) is 139 cm³/mol. The largest absolute Gasteiger partial charge is 0.491 e. The van der Waals surface area contributed by atoms with Gasteiger partial charge in [0, 0.05) is 0 Å². The molecule has 0 saturated heterocycles. The van der Waals surface area contributed by atoms with E-state index in [1.807, 2.05) is 0 Å². The zero-order valence-corrected chi connectivity index (χ0v) is 22.7. The van der Waals surface area contributed by atoms with Gasteiger partial charge in [-0.1, -0.05) is 32.6 Å². The van der Waals surface area contributed by atoms with Gasteiger partial charge in [0.15, 0.2) is 11.6 Å². The summed E-state index contributed by atoms with van der Waals surface area (Å²) in [5.41, 5.74) is -1.33. The van der Waals surface area contributed by atoms with Gasteiger partial charge in [0.05, 0.1) is 17.7 Å². The lowest BCUT2D eigenvalue weighted by atomic mass is 9.65. The highest BCUT2D eigenvalue weighted by Crippen LogP contribution is 2.46. The van der Waals surface area contributed by atoms with Crippen LogP contribution in [0.5, 0.6) is 5.75 Å². The molecule has 37 heavy (non-hydrogen) atoms. The monoisotopic (exact) mass is 522 g/mol. The molecule has 1 aromatic carbocycles. The van der Waals surface area contributed by atoms with Gasteiger partial charge in [-0.05, 0) is 113 Å². The van der Waals surface area contributed by atoms with E-state index in [-0.39, 0.29) is 18.5 Å². The first-order valence-corrected chi connectivity index (χ1v) is 14.8. The molecule has 0 heterocycles. The topological polar surface area (TPSA) is 35.5 Å². The zero-order chi connectivity index (χ0) is 26.4. The molecule has 0 spiro atoms. The summed E-state index contributed by atoms with van der Waals surface area (Å²) >= 11 is 0. The number of carbonyl (C=O) groups is 1. The minimum Gasteiger partial charge on any atom is -0.491 e. The summed E-state index contributed by atoms with van der Waals surface area (Å²) in [6, 6.07) is 2.42. The molecule has 0 atom stereocenters. The Morgan fingerprint density at radius 3 is 1.84 bits per heavy atom. The van der Waals surface area contributed by atoms with Gasteiger partial charge in [-0.15, -0.1) is 0 Å². The first-order chi connectivity index (χ1) is 17.9. The third-order valence-electron chi connectivity index (χ3n) is 9.61. The van der Waals surface area contributed by atoms with Crippen molar-refractivity contribution in [3.8, 4) is 5.75 Å². The summed E-state index contributed by atoms with van der Waals surface area (Å²) in [4.78, 5) is 12.7. The van der Waals surface area contributed by atoms with Crippen molar-refractivity contribution in [3.63, 3.8) is 0 Å². The van der Waals surface area contributed by atoms with Gasteiger partial charge in [-0.25, -0.2) is 18.0 Å². The van der Waals surface area contributed by atoms with Gasteiger partial charge < -0.3 is 9.47 Å². The molecular weight excluding hydrogens is 477 g/mol. The Bertz CT molecular complexity index is 865. The fourth-order valence-electron chi connectivity index (χ4n) is 7.57. The second-order valence-corrected chi connectivity index (χ2v) is 11.8. The molecule has 3 fully saturated rings. The van der Waals surface area contributed by atoms with E-state index in [1.165, 1.54) is 76.3 Å². The summed E-state index contributed by atoms with van der Waals surface area (Å²) < 4.78 is 52.4. The first kappa shape index (κ1) is 28.3. The molecule has 0 amide bonds. The standard InChI is InChI=1S/C31H45F3O3/c1-3-5-20-6-8-21(9-7-20)22-10-12-23(13-11-22)24-14-16-25(17-15-24)37-31(35)26-18-19-27(36-4-2)29(32)28(26)30(33)34/h18-25,30H,3-17H2,1-2H3. The van der Waals surface area contributed by atoms with Crippen LogP contribution in [0.25, 0.3) is 0 Å². The molecule has 0 N–H and O–H groups in total.